The van der Waals surface area contributed by atoms with Crippen LogP contribution in [0.25, 0.3) is 0 Å². The molecule has 0 saturated carbocycles. The van der Waals surface area contributed by atoms with Crippen molar-refractivity contribution in [1.29, 1.82) is 0 Å². The highest BCUT2D eigenvalue weighted by Gasteiger charge is 2.25. The Labute approximate surface area is 73.3 Å². The normalized spacial score (nSPS) is 26.4. The lowest BCUT2D eigenvalue weighted by Crippen LogP contribution is -2.23. The van der Waals surface area contributed by atoms with Gasteiger partial charge >= 0.3 is 0 Å². The minimum absolute atomic E-state index is 0.367. The van der Waals surface area contributed by atoms with Crippen LogP contribution in [0.15, 0.2) is 39.2 Å². The third kappa shape index (κ3) is 1.00. The van der Waals surface area contributed by atoms with E-state index in [1.165, 1.54) is 0 Å². The summed E-state index contributed by atoms with van der Waals surface area (Å²) in [4.78, 5) is 11.1. The molecule has 12 heavy (non-hydrogen) atoms. The van der Waals surface area contributed by atoms with Crippen LogP contribution in [0.1, 0.15) is 0 Å². The fraction of sp³-hybridized carbons (Fsp3) is 0.143. The zero-order valence-electron chi connectivity index (χ0n) is 5.94. The van der Waals surface area contributed by atoms with E-state index >= 15 is 0 Å². The molecule has 1 aliphatic heterocycles. The zero-order valence-corrected chi connectivity index (χ0v) is 6.69. The summed E-state index contributed by atoms with van der Waals surface area (Å²) < 4.78 is 0. The Morgan fingerprint density at radius 3 is 3.08 bits per heavy atom. The maximum atomic E-state index is 11.1. The molecule has 1 amide bonds. The summed E-state index contributed by atoms with van der Waals surface area (Å²) in [5, 5.41) is 9.90. The van der Waals surface area contributed by atoms with Gasteiger partial charge in [-0.15, -0.1) is 16.7 Å². The first-order chi connectivity index (χ1) is 5.79. The van der Waals surface area contributed by atoms with Crippen LogP contribution in [0, 0.1) is 0 Å². The fourth-order valence-electron chi connectivity index (χ4n) is 1.03. The molecule has 0 bridgehead atoms. The maximum Gasteiger partial charge on any atom is 0.299 e. The van der Waals surface area contributed by atoms with Gasteiger partial charge < -0.3 is 0 Å². The lowest BCUT2D eigenvalue weighted by atomic mass is 10.0. The first-order valence-electron chi connectivity index (χ1n) is 3.35. The van der Waals surface area contributed by atoms with E-state index in [0.29, 0.717) is 11.3 Å². The molecule has 0 aromatic rings. The number of carbonyl (C=O) groups excluding carboxylic acids is 1. The second kappa shape index (κ2) is 2.64. The average molecular weight is 182 g/mol. The van der Waals surface area contributed by atoms with Crippen LogP contribution in [0.2, 0.25) is 0 Å². The number of carbonyl (C=O) groups is 1. The van der Waals surface area contributed by atoms with Gasteiger partial charge in [-0.05, 0) is 11.3 Å². The first kappa shape index (κ1) is 7.36. The van der Waals surface area contributed by atoms with Crippen LogP contribution < -0.4 is 0 Å². The number of fused-ring (bicyclic) bond motifs is 1. The highest BCUT2D eigenvalue weighted by Crippen LogP contribution is 2.19. The Morgan fingerprint density at radius 2 is 2.33 bits per heavy atom. The van der Waals surface area contributed by atoms with Crippen LogP contribution in [0.3, 0.4) is 0 Å². The first-order valence-corrected chi connectivity index (χ1v) is 3.78. The van der Waals surface area contributed by atoms with Crippen molar-refractivity contribution >= 4 is 23.2 Å². The second-order valence-corrected chi connectivity index (χ2v) is 2.82. The molecule has 0 N–H and O–H groups in total. The van der Waals surface area contributed by atoms with E-state index in [2.05, 4.69) is 15.4 Å². The van der Waals surface area contributed by atoms with Crippen LogP contribution >= 0.6 is 11.6 Å². The van der Waals surface area contributed by atoms with Crippen molar-refractivity contribution < 1.29 is 4.79 Å². The zero-order chi connectivity index (χ0) is 8.55. The van der Waals surface area contributed by atoms with Gasteiger partial charge in [-0.1, -0.05) is 17.3 Å². The molecule has 0 aromatic heterocycles. The van der Waals surface area contributed by atoms with Crippen molar-refractivity contribution in [1.82, 2.24) is 0 Å². The van der Waals surface area contributed by atoms with Crippen molar-refractivity contribution in [2.45, 2.75) is 5.38 Å². The average Bonchev–Trinajstić information content (AvgIpc) is 2.07. The minimum Gasteiger partial charge on any atom is -0.265 e. The Hall–Kier alpha value is -1.29. The largest absolute Gasteiger partial charge is 0.299 e. The van der Waals surface area contributed by atoms with Gasteiger partial charge in [0.2, 0.25) is 0 Å². The van der Waals surface area contributed by atoms with Gasteiger partial charge in [0.1, 0.15) is 0 Å². The van der Waals surface area contributed by atoms with E-state index in [0.717, 1.165) is 0 Å². The van der Waals surface area contributed by atoms with Gasteiger partial charge in [0.25, 0.3) is 5.91 Å². The summed E-state index contributed by atoms with van der Waals surface area (Å²) in [6.45, 7) is 0. The molecule has 1 atom stereocenters. The number of allylic oxidation sites excluding steroid dienone is 3. The number of hydrogen-bond acceptors (Lipinski definition) is 3. The molecule has 2 aliphatic rings. The van der Waals surface area contributed by atoms with E-state index < -0.39 is 0 Å². The SMILES string of the molecule is O=C1N=NN=C2C1=CC=CC2Cl. The number of alkyl halides is 1. The van der Waals surface area contributed by atoms with Crippen LogP contribution in [-0.2, 0) is 4.79 Å². The molecular formula is C7H4ClN3O. The molecule has 2 rings (SSSR count). The number of hydrogen-bond donors (Lipinski definition) is 0. The van der Waals surface area contributed by atoms with Crippen LogP contribution in [0.4, 0.5) is 0 Å². The second-order valence-electron chi connectivity index (χ2n) is 2.35. The summed E-state index contributed by atoms with van der Waals surface area (Å²) in [6.07, 6.45) is 5.08. The fourth-order valence-corrected chi connectivity index (χ4v) is 1.27. The van der Waals surface area contributed by atoms with Gasteiger partial charge in [0.05, 0.1) is 16.7 Å². The molecule has 1 aliphatic carbocycles. The highest BCUT2D eigenvalue weighted by atomic mass is 35.5. The molecule has 0 fully saturated rings. The topological polar surface area (TPSA) is 54.1 Å². The van der Waals surface area contributed by atoms with E-state index in [4.69, 9.17) is 11.6 Å². The molecule has 1 heterocycles. The van der Waals surface area contributed by atoms with Crippen molar-refractivity contribution in [2.75, 3.05) is 0 Å². The third-order valence-electron chi connectivity index (χ3n) is 1.60. The number of rotatable bonds is 0. The Kier molecular flexibility index (Phi) is 1.62. The maximum absolute atomic E-state index is 11.1. The Bertz CT molecular complexity index is 354. The Balaban J connectivity index is 2.50. The number of amides is 1. The number of halogens is 1. The lowest BCUT2D eigenvalue weighted by Gasteiger charge is -2.13. The molecule has 5 heteroatoms. The van der Waals surface area contributed by atoms with Crippen molar-refractivity contribution in [3.8, 4) is 0 Å². The van der Waals surface area contributed by atoms with Crippen molar-refractivity contribution in [3.63, 3.8) is 0 Å². The molecule has 1 unspecified atom stereocenters. The van der Waals surface area contributed by atoms with Gasteiger partial charge in [-0.2, -0.15) is 0 Å². The lowest BCUT2D eigenvalue weighted by molar-refractivity contribution is -0.114. The van der Waals surface area contributed by atoms with Crippen LogP contribution in [0.5, 0.6) is 0 Å². The number of nitrogens with zero attached hydrogens (tertiary/aromatic N) is 3. The van der Waals surface area contributed by atoms with Gasteiger partial charge in [-0.25, -0.2) is 0 Å². The Morgan fingerprint density at radius 1 is 1.50 bits per heavy atom. The summed E-state index contributed by atoms with van der Waals surface area (Å²) in [5.74, 6) is -0.380. The van der Waals surface area contributed by atoms with Gasteiger partial charge in [0, 0.05) is 0 Å². The molecule has 0 saturated heterocycles. The van der Waals surface area contributed by atoms with Gasteiger partial charge in [-0.3, -0.25) is 4.79 Å². The third-order valence-corrected chi connectivity index (χ3v) is 1.95. The van der Waals surface area contributed by atoms with Crippen molar-refractivity contribution in [2.24, 2.45) is 15.4 Å². The molecular weight excluding hydrogens is 178 g/mol. The monoisotopic (exact) mass is 181 g/mol. The summed E-state index contributed by atoms with van der Waals surface area (Å²) in [7, 11) is 0. The smallest absolute Gasteiger partial charge is 0.265 e. The van der Waals surface area contributed by atoms with Crippen molar-refractivity contribution in [3.05, 3.63) is 23.8 Å². The standard InChI is InChI=1S/C7H4ClN3O/c8-5-3-1-2-4-6(5)9-11-10-7(4)12/h1-3,5H. The van der Waals surface area contributed by atoms with E-state index in [1.54, 1.807) is 18.2 Å². The summed E-state index contributed by atoms with van der Waals surface area (Å²) in [6, 6.07) is 0. The highest BCUT2D eigenvalue weighted by molar-refractivity contribution is 6.41. The summed E-state index contributed by atoms with van der Waals surface area (Å²) in [5.41, 5.74) is 0.923. The predicted octanol–water partition coefficient (Wildman–Crippen LogP) is 1.44. The predicted molar refractivity (Wildman–Crippen MR) is 44.2 cm³/mol. The summed E-state index contributed by atoms with van der Waals surface area (Å²) >= 11 is 5.84. The molecule has 4 nitrogen and oxygen atoms in total. The van der Waals surface area contributed by atoms with E-state index in [1.807, 2.05) is 0 Å². The molecule has 0 radical (unpaired) electrons. The molecule has 60 valence electrons. The quantitative estimate of drug-likeness (QED) is 0.522. The van der Waals surface area contributed by atoms with Crippen LogP contribution in [-0.4, -0.2) is 17.0 Å². The minimum atomic E-state index is -0.380. The molecule has 0 aromatic carbocycles. The van der Waals surface area contributed by atoms with E-state index in [-0.39, 0.29) is 11.3 Å². The molecule has 0 spiro atoms. The van der Waals surface area contributed by atoms with E-state index in [9.17, 15) is 4.79 Å². The van der Waals surface area contributed by atoms with Gasteiger partial charge in [0.15, 0.2) is 0 Å².